The highest BCUT2D eigenvalue weighted by Crippen LogP contribution is 2.37. The Labute approximate surface area is 121 Å². The van der Waals surface area contributed by atoms with E-state index in [1.807, 2.05) is 0 Å². The number of halogens is 1. The molecule has 1 aromatic rings. The zero-order valence-electron chi connectivity index (χ0n) is 11.2. The second-order valence-electron chi connectivity index (χ2n) is 5.38. The van der Waals surface area contributed by atoms with Gasteiger partial charge in [-0.2, -0.15) is 0 Å². The van der Waals surface area contributed by atoms with Crippen LogP contribution in [0.2, 0.25) is 5.15 Å². The lowest BCUT2D eigenvalue weighted by Crippen LogP contribution is -2.46. The highest BCUT2D eigenvalue weighted by Gasteiger charge is 2.37. The van der Waals surface area contributed by atoms with Crippen molar-refractivity contribution >= 4 is 23.1 Å². The fourth-order valence-corrected chi connectivity index (χ4v) is 3.02. The summed E-state index contributed by atoms with van der Waals surface area (Å²) >= 11 is 5.76. The van der Waals surface area contributed by atoms with Crippen molar-refractivity contribution in [2.75, 3.05) is 11.9 Å². The van der Waals surface area contributed by atoms with Crippen LogP contribution in [0.25, 0.3) is 0 Å². The standard InChI is InChI=1S/C12H17ClN4O3/c1-8-3-2-4-12(5-8,6-18)16-11-9(17(19)20)10(13)14-7-15-11/h7-8,18H,2-6H2,1H3,(H,14,15,16). The second-order valence-corrected chi connectivity index (χ2v) is 5.74. The first-order chi connectivity index (χ1) is 9.47. The molecule has 2 N–H and O–H groups in total. The van der Waals surface area contributed by atoms with Gasteiger partial charge in [-0.3, -0.25) is 10.1 Å². The molecule has 1 saturated carbocycles. The Morgan fingerprint density at radius 1 is 1.65 bits per heavy atom. The van der Waals surface area contributed by atoms with Gasteiger partial charge in [-0.1, -0.05) is 31.4 Å². The zero-order chi connectivity index (χ0) is 14.8. The molecule has 0 aliphatic heterocycles. The Kier molecular flexibility index (Phi) is 4.39. The molecule has 8 heteroatoms. The van der Waals surface area contributed by atoms with Gasteiger partial charge in [0.05, 0.1) is 17.1 Å². The van der Waals surface area contributed by atoms with E-state index >= 15 is 0 Å². The maximum absolute atomic E-state index is 11.1. The van der Waals surface area contributed by atoms with Crippen LogP contribution in [0, 0.1) is 16.0 Å². The number of nitrogens with one attached hydrogen (secondary N) is 1. The molecule has 1 fully saturated rings. The number of rotatable bonds is 4. The molecule has 2 atom stereocenters. The molecule has 0 saturated heterocycles. The number of anilines is 1. The average molecular weight is 301 g/mol. The lowest BCUT2D eigenvalue weighted by Gasteiger charge is -2.39. The van der Waals surface area contributed by atoms with Crippen LogP contribution in [0.5, 0.6) is 0 Å². The minimum Gasteiger partial charge on any atom is -0.394 e. The summed E-state index contributed by atoms with van der Waals surface area (Å²) in [6, 6.07) is 0. The van der Waals surface area contributed by atoms with Crippen LogP contribution in [-0.4, -0.2) is 32.1 Å². The number of aliphatic hydroxyl groups excluding tert-OH is 1. The Morgan fingerprint density at radius 3 is 3.00 bits per heavy atom. The van der Waals surface area contributed by atoms with Gasteiger partial charge in [0, 0.05) is 0 Å². The van der Waals surface area contributed by atoms with Crippen molar-refractivity contribution in [2.45, 2.75) is 38.1 Å². The first kappa shape index (κ1) is 14.9. The highest BCUT2D eigenvalue weighted by molar-refractivity contribution is 6.31. The minimum absolute atomic E-state index is 0.0677. The summed E-state index contributed by atoms with van der Waals surface area (Å²) in [5.41, 5.74) is -0.930. The van der Waals surface area contributed by atoms with Gasteiger partial charge in [0.1, 0.15) is 6.33 Å². The van der Waals surface area contributed by atoms with Gasteiger partial charge in [0.15, 0.2) is 0 Å². The molecular weight excluding hydrogens is 284 g/mol. The quantitative estimate of drug-likeness (QED) is 0.503. The molecule has 1 aromatic heterocycles. The number of hydrogen-bond acceptors (Lipinski definition) is 6. The van der Waals surface area contributed by atoms with E-state index < -0.39 is 10.5 Å². The van der Waals surface area contributed by atoms with E-state index in [2.05, 4.69) is 22.2 Å². The fourth-order valence-electron chi connectivity index (χ4n) is 2.82. The molecule has 2 unspecified atom stereocenters. The Morgan fingerprint density at radius 2 is 2.40 bits per heavy atom. The van der Waals surface area contributed by atoms with Crippen molar-refractivity contribution in [2.24, 2.45) is 5.92 Å². The van der Waals surface area contributed by atoms with Crippen LogP contribution < -0.4 is 5.32 Å². The maximum atomic E-state index is 11.1. The van der Waals surface area contributed by atoms with Gasteiger partial charge in [0.2, 0.25) is 11.0 Å². The second kappa shape index (κ2) is 5.88. The molecule has 0 aromatic carbocycles. The number of nitro groups is 1. The lowest BCUT2D eigenvalue weighted by atomic mass is 9.77. The van der Waals surface area contributed by atoms with Crippen molar-refractivity contribution < 1.29 is 10.0 Å². The molecule has 1 aliphatic carbocycles. The van der Waals surface area contributed by atoms with E-state index in [0.29, 0.717) is 5.92 Å². The largest absolute Gasteiger partial charge is 0.394 e. The van der Waals surface area contributed by atoms with Crippen molar-refractivity contribution in [1.29, 1.82) is 0 Å². The summed E-state index contributed by atoms with van der Waals surface area (Å²) in [4.78, 5) is 18.0. The van der Waals surface area contributed by atoms with Gasteiger partial charge in [0.25, 0.3) is 0 Å². The molecule has 1 aliphatic rings. The molecule has 0 amide bonds. The third-order valence-corrected chi connectivity index (χ3v) is 4.01. The normalized spacial score (nSPS) is 26.2. The fraction of sp³-hybridized carbons (Fsp3) is 0.667. The summed E-state index contributed by atoms with van der Waals surface area (Å²) in [5.74, 6) is 0.512. The predicted molar refractivity (Wildman–Crippen MR) is 74.8 cm³/mol. The van der Waals surface area contributed by atoms with E-state index in [9.17, 15) is 15.2 Å². The summed E-state index contributed by atoms with van der Waals surface area (Å²) in [5, 5.41) is 23.6. The summed E-state index contributed by atoms with van der Waals surface area (Å²) < 4.78 is 0. The molecule has 0 bridgehead atoms. The van der Waals surface area contributed by atoms with E-state index in [0.717, 1.165) is 25.7 Å². The smallest absolute Gasteiger partial charge is 0.348 e. The first-order valence-corrected chi connectivity index (χ1v) is 6.89. The summed E-state index contributed by atoms with van der Waals surface area (Å²) in [6.45, 7) is 2.00. The zero-order valence-corrected chi connectivity index (χ0v) is 11.9. The van der Waals surface area contributed by atoms with Gasteiger partial charge < -0.3 is 10.4 Å². The van der Waals surface area contributed by atoms with E-state index in [4.69, 9.17) is 11.6 Å². The van der Waals surface area contributed by atoms with Crippen molar-refractivity contribution in [1.82, 2.24) is 9.97 Å². The first-order valence-electron chi connectivity index (χ1n) is 6.51. The predicted octanol–water partition coefficient (Wildman–Crippen LogP) is 2.39. The van der Waals surface area contributed by atoms with Crippen LogP contribution >= 0.6 is 11.6 Å². The molecule has 0 radical (unpaired) electrons. The molecule has 1 heterocycles. The Hall–Kier alpha value is -1.47. The van der Waals surface area contributed by atoms with Gasteiger partial charge in [-0.15, -0.1) is 0 Å². The van der Waals surface area contributed by atoms with E-state index in [-0.39, 0.29) is 23.3 Å². The van der Waals surface area contributed by atoms with E-state index in [1.54, 1.807) is 0 Å². The maximum Gasteiger partial charge on any atom is 0.348 e. The van der Waals surface area contributed by atoms with Crippen molar-refractivity contribution in [3.05, 3.63) is 21.6 Å². The van der Waals surface area contributed by atoms with Crippen molar-refractivity contribution in [3.63, 3.8) is 0 Å². The van der Waals surface area contributed by atoms with Crippen molar-refractivity contribution in [3.8, 4) is 0 Å². The van der Waals surface area contributed by atoms with Crippen LogP contribution in [0.1, 0.15) is 32.6 Å². The molecule has 20 heavy (non-hydrogen) atoms. The number of nitrogens with zero attached hydrogens (tertiary/aromatic N) is 3. The van der Waals surface area contributed by atoms with Gasteiger partial charge in [-0.25, -0.2) is 9.97 Å². The summed E-state index contributed by atoms with van der Waals surface area (Å²) in [7, 11) is 0. The third kappa shape index (κ3) is 2.99. The van der Waals surface area contributed by atoms with Crippen LogP contribution in [0.3, 0.4) is 0 Å². The highest BCUT2D eigenvalue weighted by atomic mass is 35.5. The molecule has 2 rings (SSSR count). The number of aliphatic hydroxyl groups is 1. The van der Waals surface area contributed by atoms with E-state index in [1.165, 1.54) is 6.33 Å². The number of aromatic nitrogens is 2. The van der Waals surface area contributed by atoms with Gasteiger partial charge in [-0.05, 0) is 18.8 Å². The molecule has 110 valence electrons. The monoisotopic (exact) mass is 300 g/mol. The van der Waals surface area contributed by atoms with Crippen LogP contribution in [0.4, 0.5) is 11.5 Å². The van der Waals surface area contributed by atoms with Crippen LogP contribution in [0.15, 0.2) is 6.33 Å². The van der Waals surface area contributed by atoms with Crippen LogP contribution in [-0.2, 0) is 0 Å². The lowest BCUT2D eigenvalue weighted by molar-refractivity contribution is -0.384. The minimum atomic E-state index is -0.609. The Balaban J connectivity index is 2.32. The number of hydrogen-bond donors (Lipinski definition) is 2. The SMILES string of the molecule is CC1CCCC(CO)(Nc2ncnc(Cl)c2[N+](=O)[O-])C1. The topological polar surface area (TPSA) is 101 Å². The molecule has 0 spiro atoms. The van der Waals surface area contributed by atoms with Gasteiger partial charge >= 0.3 is 5.69 Å². The molecule has 7 nitrogen and oxygen atoms in total. The Bertz CT molecular complexity index is 513. The summed E-state index contributed by atoms with van der Waals surface area (Å²) in [6.07, 6.45) is 4.71. The third-order valence-electron chi connectivity index (χ3n) is 3.74. The molecular formula is C12H17ClN4O3. The average Bonchev–Trinajstić information content (AvgIpc) is 2.38.